The van der Waals surface area contributed by atoms with E-state index in [1.807, 2.05) is 24.3 Å². The maximum absolute atomic E-state index is 5.95. The normalized spacial score (nSPS) is 10.6. The number of anilines is 1. The van der Waals surface area contributed by atoms with Gasteiger partial charge in [0.1, 0.15) is 0 Å². The van der Waals surface area contributed by atoms with Gasteiger partial charge in [-0.15, -0.1) is 0 Å². The molecule has 1 heterocycles. The van der Waals surface area contributed by atoms with Crippen LogP contribution in [-0.2, 0) is 6.54 Å². The molecule has 3 nitrogen and oxygen atoms in total. The van der Waals surface area contributed by atoms with Crippen LogP contribution in [0.1, 0.15) is 11.3 Å². The summed E-state index contributed by atoms with van der Waals surface area (Å²) in [6.07, 6.45) is 0. The molecule has 3 N–H and O–H groups in total. The van der Waals surface area contributed by atoms with Crippen molar-refractivity contribution in [2.24, 2.45) is 0 Å². The van der Waals surface area contributed by atoms with Crippen molar-refractivity contribution >= 4 is 45.5 Å². The summed E-state index contributed by atoms with van der Waals surface area (Å²) in [5.74, 6) is 0. The Kier molecular flexibility index (Phi) is 4.32. The lowest BCUT2D eigenvalue weighted by atomic mass is 10.1. The van der Waals surface area contributed by atoms with Crippen molar-refractivity contribution < 1.29 is 0 Å². The number of fused-ring (bicyclic) bond motifs is 1. The predicted molar refractivity (Wildman–Crippen MR) is 97.5 cm³/mol. The average Bonchev–Trinajstić information content (AvgIpc) is 2.84. The minimum atomic E-state index is 0.576. The van der Waals surface area contributed by atoms with E-state index in [0.717, 1.165) is 11.2 Å². The van der Waals surface area contributed by atoms with Gasteiger partial charge < -0.3 is 15.6 Å². The average molecular weight is 330 g/mol. The van der Waals surface area contributed by atoms with E-state index < -0.39 is 0 Å². The fourth-order valence-electron chi connectivity index (χ4n) is 2.36. The van der Waals surface area contributed by atoms with Crippen LogP contribution in [0.15, 0.2) is 48.5 Å². The van der Waals surface area contributed by atoms with E-state index in [9.17, 15) is 0 Å². The Labute approximate surface area is 139 Å². The zero-order chi connectivity index (χ0) is 15.5. The van der Waals surface area contributed by atoms with Crippen LogP contribution in [0.25, 0.3) is 10.9 Å². The molecule has 2 aromatic carbocycles. The van der Waals surface area contributed by atoms with Gasteiger partial charge in [-0.05, 0) is 66.5 Å². The van der Waals surface area contributed by atoms with Crippen LogP contribution in [0, 0.1) is 6.92 Å². The molecule has 0 aliphatic heterocycles. The molecule has 112 valence electrons. The lowest BCUT2D eigenvalue weighted by Crippen LogP contribution is -2.27. The highest BCUT2D eigenvalue weighted by Gasteiger charge is 2.02. The molecule has 0 amide bonds. The van der Waals surface area contributed by atoms with Crippen LogP contribution in [0.5, 0.6) is 0 Å². The van der Waals surface area contributed by atoms with Crippen molar-refractivity contribution in [2.75, 3.05) is 5.32 Å². The first-order chi connectivity index (χ1) is 10.6. The topological polar surface area (TPSA) is 39.8 Å². The fraction of sp³-hybridized carbons (Fsp3) is 0.118. The van der Waals surface area contributed by atoms with Crippen LogP contribution in [0.3, 0.4) is 0 Å². The predicted octanol–water partition coefficient (Wildman–Crippen LogP) is 4.62. The van der Waals surface area contributed by atoms with E-state index in [4.69, 9.17) is 23.8 Å². The Balaban J connectivity index is 1.62. The molecule has 0 unspecified atom stereocenters. The molecule has 3 rings (SSSR count). The largest absolute Gasteiger partial charge is 0.359 e. The van der Waals surface area contributed by atoms with Crippen molar-refractivity contribution in [3.05, 3.63) is 64.8 Å². The van der Waals surface area contributed by atoms with Gasteiger partial charge in [-0.3, -0.25) is 0 Å². The Morgan fingerprint density at radius 1 is 1.18 bits per heavy atom. The monoisotopic (exact) mass is 329 g/mol. The first-order valence-electron chi connectivity index (χ1n) is 6.99. The van der Waals surface area contributed by atoms with Crippen molar-refractivity contribution in [3.63, 3.8) is 0 Å². The summed E-state index contributed by atoms with van der Waals surface area (Å²) < 4.78 is 0. The number of aryl methyl sites for hydroxylation is 1. The van der Waals surface area contributed by atoms with Crippen molar-refractivity contribution in [3.8, 4) is 0 Å². The lowest BCUT2D eigenvalue weighted by Gasteiger charge is -2.11. The third-order valence-electron chi connectivity index (χ3n) is 3.36. The highest BCUT2D eigenvalue weighted by atomic mass is 35.5. The van der Waals surface area contributed by atoms with Crippen molar-refractivity contribution in [2.45, 2.75) is 13.5 Å². The van der Waals surface area contributed by atoms with E-state index in [-0.39, 0.29) is 0 Å². The van der Waals surface area contributed by atoms with Gasteiger partial charge in [0.2, 0.25) is 0 Å². The molecule has 0 aliphatic rings. The summed E-state index contributed by atoms with van der Waals surface area (Å²) in [6, 6.07) is 16.0. The van der Waals surface area contributed by atoms with E-state index in [0.29, 0.717) is 16.7 Å². The second kappa shape index (κ2) is 6.38. The summed E-state index contributed by atoms with van der Waals surface area (Å²) in [7, 11) is 0. The summed E-state index contributed by atoms with van der Waals surface area (Å²) in [4.78, 5) is 3.32. The van der Waals surface area contributed by atoms with Gasteiger partial charge in [0.15, 0.2) is 5.11 Å². The first kappa shape index (κ1) is 14.9. The number of H-pyrrole nitrogens is 1. The van der Waals surface area contributed by atoms with E-state index in [1.165, 1.54) is 16.6 Å². The third-order valence-corrected chi connectivity index (χ3v) is 3.84. The molecule has 0 saturated heterocycles. The number of rotatable bonds is 3. The summed E-state index contributed by atoms with van der Waals surface area (Å²) in [5.41, 5.74) is 4.38. The number of nitrogens with one attached hydrogen (secondary N) is 3. The molecule has 5 heteroatoms. The number of halogens is 1. The molecule has 1 aromatic heterocycles. The first-order valence-corrected chi connectivity index (χ1v) is 7.77. The van der Waals surface area contributed by atoms with Gasteiger partial charge in [0, 0.05) is 28.5 Å². The number of hydrogen-bond donors (Lipinski definition) is 3. The molecule has 3 aromatic rings. The Morgan fingerprint density at radius 3 is 2.86 bits per heavy atom. The van der Waals surface area contributed by atoms with Gasteiger partial charge in [0.25, 0.3) is 0 Å². The number of benzene rings is 2. The highest BCUT2D eigenvalue weighted by molar-refractivity contribution is 7.80. The molecule has 0 spiro atoms. The van der Waals surface area contributed by atoms with Crippen LogP contribution >= 0.6 is 23.8 Å². The lowest BCUT2D eigenvalue weighted by molar-refractivity contribution is 0.928. The number of thiocarbonyl (C=S) groups is 1. The summed E-state index contributed by atoms with van der Waals surface area (Å²) in [6.45, 7) is 2.73. The van der Waals surface area contributed by atoms with Gasteiger partial charge in [0.05, 0.1) is 0 Å². The van der Waals surface area contributed by atoms with Crippen molar-refractivity contribution in [1.29, 1.82) is 0 Å². The van der Waals surface area contributed by atoms with Crippen LogP contribution < -0.4 is 10.6 Å². The van der Waals surface area contributed by atoms with Gasteiger partial charge in [-0.25, -0.2) is 0 Å². The number of aromatic nitrogens is 1. The molecule has 0 saturated carbocycles. The minimum absolute atomic E-state index is 0.576. The van der Waals surface area contributed by atoms with Gasteiger partial charge in [-0.2, -0.15) is 0 Å². The second-order valence-corrected chi connectivity index (χ2v) is 6.04. The van der Waals surface area contributed by atoms with Crippen LogP contribution in [0.2, 0.25) is 5.02 Å². The molecule has 22 heavy (non-hydrogen) atoms. The summed E-state index contributed by atoms with van der Waals surface area (Å²) >= 11 is 11.3. The Bertz CT molecular complexity index is 826. The van der Waals surface area contributed by atoms with Crippen molar-refractivity contribution in [1.82, 2.24) is 10.3 Å². The fourth-order valence-corrected chi connectivity index (χ4v) is 2.74. The Morgan fingerprint density at radius 2 is 2.05 bits per heavy atom. The maximum Gasteiger partial charge on any atom is 0.171 e. The smallest absolute Gasteiger partial charge is 0.171 e. The highest BCUT2D eigenvalue weighted by Crippen LogP contribution is 2.17. The van der Waals surface area contributed by atoms with E-state index >= 15 is 0 Å². The minimum Gasteiger partial charge on any atom is -0.359 e. The number of hydrogen-bond acceptors (Lipinski definition) is 1. The van der Waals surface area contributed by atoms with E-state index in [1.54, 1.807) is 0 Å². The molecular weight excluding hydrogens is 314 g/mol. The van der Waals surface area contributed by atoms with Crippen LogP contribution in [0.4, 0.5) is 5.69 Å². The Hall–Kier alpha value is -2.04. The molecule has 0 bridgehead atoms. The van der Waals surface area contributed by atoms with Gasteiger partial charge >= 0.3 is 0 Å². The molecule has 0 atom stereocenters. The van der Waals surface area contributed by atoms with Crippen LogP contribution in [-0.4, -0.2) is 10.1 Å². The zero-order valence-corrected chi connectivity index (χ0v) is 13.7. The van der Waals surface area contributed by atoms with E-state index in [2.05, 4.69) is 46.8 Å². The molecule has 0 fully saturated rings. The third kappa shape index (κ3) is 3.59. The molecule has 0 radical (unpaired) electrons. The number of aromatic amines is 1. The van der Waals surface area contributed by atoms with Gasteiger partial charge in [-0.1, -0.05) is 23.7 Å². The maximum atomic E-state index is 5.95. The quantitative estimate of drug-likeness (QED) is 0.614. The SMILES string of the molecule is Cc1cc2cc(CNC(=S)Nc3cccc(Cl)c3)ccc2[nH]1. The molecular formula is C17H16ClN3S. The summed E-state index contributed by atoms with van der Waals surface area (Å²) in [5, 5.41) is 8.80. The zero-order valence-electron chi connectivity index (χ0n) is 12.1. The standard InChI is InChI=1S/C17H16ClN3S/c1-11-7-13-8-12(5-6-16(13)20-11)10-19-17(22)21-15-4-2-3-14(18)9-15/h2-9,20H,10H2,1H3,(H2,19,21,22). The molecule has 0 aliphatic carbocycles. The second-order valence-electron chi connectivity index (χ2n) is 5.19.